The van der Waals surface area contributed by atoms with Crippen LogP contribution in [0, 0.1) is 0 Å². The fourth-order valence-corrected chi connectivity index (χ4v) is 2.15. The minimum absolute atomic E-state index is 0.206. The average Bonchev–Trinajstić information content (AvgIpc) is 2.54. The maximum absolute atomic E-state index is 12.6. The molecule has 0 amide bonds. The monoisotopic (exact) mass is 274 g/mol. The molecular formula is C13H17F3N2O. The van der Waals surface area contributed by atoms with Crippen molar-refractivity contribution in [3.8, 4) is 0 Å². The van der Waals surface area contributed by atoms with E-state index >= 15 is 0 Å². The minimum atomic E-state index is -4.34. The molecule has 2 heterocycles. The molecule has 1 aliphatic heterocycles. The SMILES string of the molecule is C[C@H]1COCCCN1Cc1cncc(C(F)(F)F)c1. The lowest BCUT2D eigenvalue weighted by molar-refractivity contribution is -0.137. The lowest BCUT2D eigenvalue weighted by atomic mass is 10.1. The van der Waals surface area contributed by atoms with E-state index in [0.29, 0.717) is 25.3 Å². The van der Waals surface area contributed by atoms with E-state index in [9.17, 15) is 13.2 Å². The second kappa shape index (κ2) is 5.88. The molecule has 1 aromatic rings. The molecule has 1 aromatic heterocycles. The molecule has 0 saturated carbocycles. The molecule has 6 heteroatoms. The molecule has 1 saturated heterocycles. The van der Waals surface area contributed by atoms with Crippen molar-refractivity contribution >= 4 is 0 Å². The molecule has 1 fully saturated rings. The summed E-state index contributed by atoms with van der Waals surface area (Å²) in [5.41, 5.74) is -0.104. The van der Waals surface area contributed by atoms with Gasteiger partial charge in [0.1, 0.15) is 0 Å². The van der Waals surface area contributed by atoms with Crippen LogP contribution in [0.25, 0.3) is 0 Å². The molecule has 19 heavy (non-hydrogen) atoms. The molecular weight excluding hydrogens is 257 g/mol. The zero-order chi connectivity index (χ0) is 13.9. The van der Waals surface area contributed by atoms with Gasteiger partial charge in [-0.1, -0.05) is 0 Å². The maximum Gasteiger partial charge on any atom is 0.417 e. The quantitative estimate of drug-likeness (QED) is 0.829. The lowest BCUT2D eigenvalue weighted by Gasteiger charge is -2.26. The van der Waals surface area contributed by atoms with Gasteiger partial charge in [-0.15, -0.1) is 0 Å². The van der Waals surface area contributed by atoms with Crippen LogP contribution >= 0.6 is 0 Å². The molecule has 0 bridgehead atoms. The van der Waals surface area contributed by atoms with Crippen molar-refractivity contribution in [2.75, 3.05) is 19.8 Å². The summed E-state index contributed by atoms with van der Waals surface area (Å²) in [4.78, 5) is 5.82. The Labute approximate surface area is 110 Å². The molecule has 0 unspecified atom stereocenters. The van der Waals surface area contributed by atoms with Crippen LogP contribution in [0.3, 0.4) is 0 Å². The van der Waals surface area contributed by atoms with E-state index in [1.54, 1.807) is 0 Å². The number of hydrogen-bond donors (Lipinski definition) is 0. The average molecular weight is 274 g/mol. The van der Waals surface area contributed by atoms with Crippen LogP contribution in [0.5, 0.6) is 0 Å². The Hall–Kier alpha value is -1.14. The molecule has 0 aromatic carbocycles. The van der Waals surface area contributed by atoms with Crippen molar-refractivity contribution in [2.24, 2.45) is 0 Å². The zero-order valence-corrected chi connectivity index (χ0v) is 10.8. The predicted octanol–water partition coefficient (Wildman–Crippen LogP) is 2.71. The number of hydrogen-bond acceptors (Lipinski definition) is 3. The van der Waals surface area contributed by atoms with Crippen LogP contribution in [0.1, 0.15) is 24.5 Å². The van der Waals surface area contributed by atoms with Gasteiger partial charge in [-0.3, -0.25) is 9.88 Å². The standard InChI is InChI=1S/C13H17F3N2O/c1-10-9-19-4-2-3-18(10)8-11-5-12(7-17-6-11)13(14,15)16/h5-7,10H,2-4,8-9H2,1H3/t10-/m0/s1. The number of rotatable bonds is 2. The summed E-state index contributed by atoms with van der Waals surface area (Å²) >= 11 is 0. The van der Waals surface area contributed by atoms with Gasteiger partial charge in [-0.05, 0) is 25.0 Å². The van der Waals surface area contributed by atoms with Gasteiger partial charge in [0, 0.05) is 38.1 Å². The largest absolute Gasteiger partial charge is 0.417 e. The molecule has 0 radical (unpaired) electrons. The first-order valence-corrected chi connectivity index (χ1v) is 6.30. The Morgan fingerprint density at radius 1 is 1.42 bits per heavy atom. The molecule has 3 nitrogen and oxygen atoms in total. The number of nitrogens with zero attached hydrogens (tertiary/aromatic N) is 2. The van der Waals surface area contributed by atoms with Crippen molar-refractivity contribution in [1.82, 2.24) is 9.88 Å². The van der Waals surface area contributed by atoms with Crippen molar-refractivity contribution in [1.29, 1.82) is 0 Å². The predicted molar refractivity (Wildman–Crippen MR) is 64.5 cm³/mol. The zero-order valence-electron chi connectivity index (χ0n) is 10.8. The highest BCUT2D eigenvalue weighted by Gasteiger charge is 2.31. The van der Waals surface area contributed by atoms with Crippen molar-refractivity contribution in [2.45, 2.75) is 32.1 Å². The molecule has 1 atom stereocenters. The van der Waals surface area contributed by atoms with Crippen LogP contribution in [-0.2, 0) is 17.5 Å². The third kappa shape index (κ3) is 3.91. The first-order chi connectivity index (χ1) is 8.97. The minimum Gasteiger partial charge on any atom is -0.380 e. The third-order valence-corrected chi connectivity index (χ3v) is 3.22. The van der Waals surface area contributed by atoms with Crippen LogP contribution in [0.4, 0.5) is 13.2 Å². The van der Waals surface area contributed by atoms with Gasteiger partial charge >= 0.3 is 6.18 Å². The Kier molecular flexibility index (Phi) is 4.42. The van der Waals surface area contributed by atoms with Crippen molar-refractivity contribution < 1.29 is 17.9 Å². The van der Waals surface area contributed by atoms with E-state index in [0.717, 1.165) is 19.2 Å². The topological polar surface area (TPSA) is 25.4 Å². The Balaban J connectivity index is 2.09. The lowest BCUT2D eigenvalue weighted by Crippen LogP contribution is -2.34. The number of alkyl halides is 3. The van der Waals surface area contributed by atoms with Crippen LogP contribution in [0.2, 0.25) is 0 Å². The van der Waals surface area contributed by atoms with Crippen LogP contribution in [0.15, 0.2) is 18.5 Å². The highest BCUT2D eigenvalue weighted by molar-refractivity contribution is 5.20. The summed E-state index contributed by atoms with van der Waals surface area (Å²) in [6.45, 7) is 4.65. The molecule has 0 N–H and O–H groups in total. The molecule has 106 valence electrons. The second-order valence-electron chi connectivity index (χ2n) is 4.83. The van der Waals surface area contributed by atoms with Crippen LogP contribution in [-0.4, -0.2) is 35.7 Å². The van der Waals surface area contributed by atoms with Gasteiger partial charge in [-0.2, -0.15) is 13.2 Å². The summed E-state index contributed by atoms with van der Waals surface area (Å²) in [6.07, 6.45) is -1.08. The van der Waals surface area contributed by atoms with E-state index < -0.39 is 11.7 Å². The van der Waals surface area contributed by atoms with Gasteiger partial charge in [0.25, 0.3) is 0 Å². The Morgan fingerprint density at radius 2 is 2.21 bits per heavy atom. The van der Waals surface area contributed by atoms with Gasteiger partial charge < -0.3 is 4.74 Å². The van der Waals surface area contributed by atoms with Gasteiger partial charge in [0.2, 0.25) is 0 Å². The summed E-state index contributed by atoms with van der Waals surface area (Å²) in [6, 6.07) is 1.38. The fourth-order valence-electron chi connectivity index (χ4n) is 2.15. The maximum atomic E-state index is 12.6. The third-order valence-electron chi connectivity index (χ3n) is 3.22. The number of aromatic nitrogens is 1. The van der Waals surface area contributed by atoms with E-state index in [4.69, 9.17) is 4.74 Å². The van der Waals surface area contributed by atoms with Gasteiger partial charge in [0.15, 0.2) is 0 Å². The smallest absolute Gasteiger partial charge is 0.380 e. The number of pyridine rings is 1. The second-order valence-corrected chi connectivity index (χ2v) is 4.83. The van der Waals surface area contributed by atoms with E-state index in [1.165, 1.54) is 12.3 Å². The molecule has 0 spiro atoms. The number of halogens is 3. The summed E-state index contributed by atoms with van der Waals surface area (Å²) in [5, 5.41) is 0. The fraction of sp³-hybridized carbons (Fsp3) is 0.615. The Morgan fingerprint density at radius 3 is 2.95 bits per heavy atom. The van der Waals surface area contributed by atoms with Gasteiger partial charge in [0.05, 0.1) is 12.2 Å². The summed E-state index contributed by atoms with van der Waals surface area (Å²) < 4.78 is 43.3. The molecule has 1 aliphatic rings. The molecule has 2 rings (SSSR count). The van der Waals surface area contributed by atoms with Crippen molar-refractivity contribution in [3.63, 3.8) is 0 Å². The van der Waals surface area contributed by atoms with E-state index in [-0.39, 0.29) is 6.04 Å². The summed E-state index contributed by atoms with van der Waals surface area (Å²) in [7, 11) is 0. The van der Waals surface area contributed by atoms with Crippen LogP contribution < -0.4 is 0 Å². The highest BCUT2D eigenvalue weighted by Crippen LogP contribution is 2.29. The van der Waals surface area contributed by atoms with Crippen molar-refractivity contribution in [3.05, 3.63) is 29.6 Å². The molecule has 0 aliphatic carbocycles. The summed E-state index contributed by atoms with van der Waals surface area (Å²) in [5.74, 6) is 0. The Bertz CT molecular complexity index is 423. The highest BCUT2D eigenvalue weighted by atomic mass is 19.4. The van der Waals surface area contributed by atoms with E-state index in [1.807, 2.05) is 6.92 Å². The first-order valence-electron chi connectivity index (χ1n) is 6.30. The number of ether oxygens (including phenoxy) is 1. The normalized spacial score (nSPS) is 22.2. The van der Waals surface area contributed by atoms with Gasteiger partial charge in [-0.25, -0.2) is 0 Å². The van der Waals surface area contributed by atoms with E-state index in [2.05, 4.69) is 9.88 Å². The first kappa shape index (κ1) is 14.3.